The number of nitrogens with zero attached hydrogens (tertiary/aromatic N) is 1. The van der Waals surface area contributed by atoms with Crippen molar-refractivity contribution in [1.82, 2.24) is 4.90 Å². The van der Waals surface area contributed by atoms with Gasteiger partial charge in [0.1, 0.15) is 6.61 Å². The third-order valence-corrected chi connectivity index (χ3v) is 1.46. The monoisotopic (exact) mass is 174 g/mol. The van der Waals surface area contributed by atoms with Gasteiger partial charge in [-0.1, -0.05) is 13.8 Å². The molecule has 0 aromatic carbocycles. The minimum atomic E-state index is -0.590. The maximum absolute atomic E-state index is 10.8. The number of nitrogens with two attached hydrogens (primary N) is 1. The predicted molar refractivity (Wildman–Crippen MR) is 47.7 cm³/mol. The lowest BCUT2D eigenvalue weighted by Crippen LogP contribution is -2.51. The fourth-order valence-electron chi connectivity index (χ4n) is 0.917. The molecule has 0 aromatic heterocycles. The topological polar surface area (TPSA) is 55.6 Å². The molecule has 12 heavy (non-hydrogen) atoms. The van der Waals surface area contributed by atoms with E-state index in [4.69, 9.17) is 10.5 Å². The average molecular weight is 174 g/mol. The lowest BCUT2D eigenvalue weighted by Gasteiger charge is -2.28. The SMILES string of the molecule is CC.CC(C)(N)N1CCOC1=O. The number of rotatable bonds is 1. The zero-order valence-electron chi connectivity index (χ0n) is 8.26. The Bertz CT molecular complexity index is 152. The molecule has 1 saturated heterocycles. The molecule has 0 spiro atoms. The highest BCUT2D eigenvalue weighted by atomic mass is 16.6. The Balaban J connectivity index is 0.000000561. The minimum absolute atomic E-state index is 0.312. The van der Waals surface area contributed by atoms with Gasteiger partial charge in [0.2, 0.25) is 0 Å². The number of carbonyl (C=O) groups is 1. The van der Waals surface area contributed by atoms with Crippen LogP contribution in [0.4, 0.5) is 4.79 Å². The summed E-state index contributed by atoms with van der Waals surface area (Å²) in [7, 11) is 0. The zero-order chi connectivity index (χ0) is 9.78. The van der Waals surface area contributed by atoms with Crippen LogP contribution in [0.1, 0.15) is 27.7 Å². The van der Waals surface area contributed by atoms with E-state index in [1.807, 2.05) is 13.8 Å². The number of hydrogen-bond acceptors (Lipinski definition) is 3. The van der Waals surface area contributed by atoms with Gasteiger partial charge in [-0.2, -0.15) is 0 Å². The molecule has 0 radical (unpaired) electrons. The summed E-state index contributed by atoms with van der Waals surface area (Å²) in [6.07, 6.45) is -0.312. The van der Waals surface area contributed by atoms with Crippen LogP contribution in [0.5, 0.6) is 0 Å². The molecular formula is C8H18N2O2. The number of amides is 1. The van der Waals surface area contributed by atoms with E-state index in [2.05, 4.69) is 0 Å². The van der Waals surface area contributed by atoms with E-state index in [0.717, 1.165) is 0 Å². The van der Waals surface area contributed by atoms with Crippen LogP contribution in [-0.4, -0.2) is 29.8 Å². The van der Waals surface area contributed by atoms with Crippen molar-refractivity contribution in [2.24, 2.45) is 5.73 Å². The smallest absolute Gasteiger partial charge is 0.411 e. The molecule has 1 rings (SSSR count). The summed E-state index contributed by atoms with van der Waals surface area (Å²) in [5.41, 5.74) is 5.07. The highest BCUT2D eigenvalue weighted by Crippen LogP contribution is 2.12. The van der Waals surface area contributed by atoms with Crippen molar-refractivity contribution >= 4 is 6.09 Å². The Morgan fingerprint density at radius 3 is 2.17 bits per heavy atom. The van der Waals surface area contributed by atoms with Crippen LogP contribution in [0.15, 0.2) is 0 Å². The van der Waals surface area contributed by atoms with E-state index in [0.29, 0.717) is 13.2 Å². The predicted octanol–water partition coefficient (Wildman–Crippen LogP) is 1.16. The van der Waals surface area contributed by atoms with Crippen LogP contribution in [0.25, 0.3) is 0 Å². The second kappa shape index (κ2) is 4.30. The third-order valence-electron chi connectivity index (χ3n) is 1.46. The number of cyclic esters (lactones) is 1. The Kier molecular flexibility index (Phi) is 4.03. The van der Waals surface area contributed by atoms with Crippen LogP contribution in [-0.2, 0) is 4.74 Å². The maximum Gasteiger partial charge on any atom is 0.411 e. The zero-order valence-corrected chi connectivity index (χ0v) is 8.26. The first-order valence-electron chi connectivity index (χ1n) is 4.25. The van der Waals surface area contributed by atoms with Gasteiger partial charge in [-0.05, 0) is 13.8 Å². The molecule has 0 bridgehead atoms. The molecule has 1 amide bonds. The molecule has 4 nitrogen and oxygen atoms in total. The van der Waals surface area contributed by atoms with Crippen LogP contribution in [0.2, 0.25) is 0 Å². The van der Waals surface area contributed by atoms with E-state index in [1.165, 1.54) is 4.90 Å². The van der Waals surface area contributed by atoms with Gasteiger partial charge in [-0.3, -0.25) is 4.90 Å². The van der Waals surface area contributed by atoms with Gasteiger partial charge in [-0.15, -0.1) is 0 Å². The molecule has 1 aliphatic rings. The molecule has 1 aliphatic heterocycles. The fourth-order valence-corrected chi connectivity index (χ4v) is 0.917. The van der Waals surface area contributed by atoms with Crippen molar-refractivity contribution in [3.05, 3.63) is 0 Å². The van der Waals surface area contributed by atoms with E-state index in [9.17, 15) is 4.79 Å². The molecule has 4 heteroatoms. The second-order valence-corrected chi connectivity index (χ2v) is 2.92. The van der Waals surface area contributed by atoms with Crippen molar-refractivity contribution in [2.45, 2.75) is 33.4 Å². The molecule has 72 valence electrons. The van der Waals surface area contributed by atoms with Gasteiger partial charge >= 0.3 is 6.09 Å². The Hall–Kier alpha value is -0.770. The van der Waals surface area contributed by atoms with Gasteiger partial charge in [0, 0.05) is 0 Å². The second-order valence-electron chi connectivity index (χ2n) is 2.92. The van der Waals surface area contributed by atoms with Crippen LogP contribution < -0.4 is 5.73 Å². The Morgan fingerprint density at radius 2 is 2.00 bits per heavy atom. The quantitative estimate of drug-likeness (QED) is 0.649. The van der Waals surface area contributed by atoms with Crippen molar-refractivity contribution in [2.75, 3.05) is 13.2 Å². The molecule has 0 saturated carbocycles. The van der Waals surface area contributed by atoms with Gasteiger partial charge < -0.3 is 10.5 Å². The molecular weight excluding hydrogens is 156 g/mol. The lowest BCUT2D eigenvalue weighted by molar-refractivity contribution is 0.128. The highest BCUT2D eigenvalue weighted by molar-refractivity contribution is 5.70. The normalized spacial score (nSPS) is 16.8. The largest absolute Gasteiger partial charge is 0.447 e. The molecule has 2 N–H and O–H groups in total. The molecule has 0 unspecified atom stereocenters. The summed E-state index contributed by atoms with van der Waals surface area (Å²) in [4.78, 5) is 12.4. The number of carbonyl (C=O) groups excluding carboxylic acids is 1. The molecule has 1 heterocycles. The van der Waals surface area contributed by atoms with Crippen molar-refractivity contribution in [1.29, 1.82) is 0 Å². The van der Waals surface area contributed by atoms with Crippen LogP contribution >= 0.6 is 0 Å². The first-order chi connectivity index (χ1) is 5.52. The first kappa shape index (κ1) is 11.2. The standard InChI is InChI=1S/C6H12N2O2.C2H6/c1-6(2,7)8-3-4-10-5(8)9;1-2/h3-4,7H2,1-2H3;1-2H3. The number of hydrogen-bond donors (Lipinski definition) is 1. The minimum Gasteiger partial charge on any atom is -0.447 e. The fraction of sp³-hybridized carbons (Fsp3) is 0.875. The van der Waals surface area contributed by atoms with Crippen molar-refractivity contribution < 1.29 is 9.53 Å². The molecule has 1 fully saturated rings. The van der Waals surface area contributed by atoms with E-state index in [1.54, 1.807) is 13.8 Å². The number of ether oxygens (including phenoxy) is 1. The maximum atomic E-state index is 10.8. The molecule has 0 aromatic rings. The van der Waals surface area contributed by atoms with Gasteiger partial charge in [0.25, 0.3) is 0 Å². The van der Waals surface area contributed by atoms with Gasteiger partial charge in [0.05, 0.1) is 12.2 Å². The van der Waals surface area contributed by atoms with Gasteiger partial charge in [0.15, 0.2) is 0 Å². The van der Waals surface area contributed by atoms with Gasteiger partial charge in [-0.25, -0.2) is 4.79 Å². The summed E-state index contributed by atoms with van der Waals surface area (Å²) < 4.78 is 4.70. The summed E-state index contributed by atoms with van der Waals surface area (Å²) >= 11 is 0. The highest BCUT2D eigenvalue weighted by Gasteiger charge is 2.32. The summed E-state index contributed by atoms with van der Waals surface area (Å²) in [6, 6.07) is 0. The third kappa shape index (κ3) is 2.70. The van der Waals surface area contributed by atoms with E-state index >= 15 is 0 Å². The van der Waals surface area contributed by atoms with Crippen LogP contribution in [0, 0.1) is 0 Å². The summed E-state index contributed by atoms with van der Waals surface area (Å²) in [6.45, 7) is 8.61. The Labute approximate surface area is 73.7 Å². The van der Waals surface area contributed by atoms with Crippen molar-refractivity contribution in [3.63, 3.8) is 0 Å². The molecule has 0 atom stereocenters. The molecule has 0 aliphatic carbocycles. The van der Waals surface area contributed by atoms with Crippen molar-refractivity contribution in [3.8, 4) is 0 Å². The average Bonchev–Trinajstić information content (AvgIpc) is 2.38. The van der Waals surface area contributed by atoms with Crippen LogP contribution in [0.3, 0.4) is 0 Å². The summed E-state index contributed by atoms with van der Waals surface area (Å²) in [5, 5.41) is 0. The lowest BCUT2D eigenvalue weighted by atomic mass is 10.2. The summed E-state index contributed by atoms with van der Waals surface area (Å²) in [5.74, 6) is 0. The van der Waals surface area contributed by atoms with E-state index in [-0.39, 0.29) is 6.09 Å². The first-order valence-corrected chi connectivity index (χ1v) is 4.25. The Morgan fingerprint density at radius 1 is 1.50 bits per heavy atom. The van der Waals surface area contributed by atoms with E-state index < -0.39 is 5.66 Å².